The van der Waals surface area contributed by atoms with Crippen LogP contribution in [0.3, 0.4) is 0 Å². The minimum absolute atomic E-state index is 0.185. The van der Waals surface area contributed by atoms with Crippen molar-refractivity contribution in [3.05, 3.63) is 28.0 Å². The molecule has 0 saturated carbocycles. The molecule has 106 valence electrons. The van der Waals surface area contributed by atoms with E-state index in [4.69, 9.17) is 18.0 Å². The van der Waals surface area contributed by atoms with Crippen LogP contribution in [0.4, 0.5) is 10.1 Å². The normalized spacial score (nSPS) is 13.9. The van der Waals surface area contributed by atoms with Gasteiger partial charge in [-0.05, 0) is 47.3 Å². The molecule has 2 nitrogen and oxygen atoms in total. The first kappa shape index (κ1) is 16.4. The maximum absolute atomic E-state index is 14.2. The average Bonchev–Trinajstić information content (AvgIpc) is 2.34. The van der Waals surface area contributed by atoms with Gasteiger partial charge in [-0.1, -0.05) is 32.5 Å². The molecule has 0 spiro atoms. The van der Waals surface area contributed by atoms with Gasteiger partial charge in [-0.2, -0.15) is 0 Å². The highest BCUT2D eigenvalue weighted by atomic mass is 79.9. The Labute approximate surface area is 128 Å². The van der Waals surface area contributed by atoms with Gasteiger partial charge in [-0.25, -0.2) is 4.39 Å². The second-order valence-corrected chi connectivity index (χ2v) is 6.18. The molecule has 0 heterocycles. The van der Waals surface area contributed by atoms with Crippen LogP contribution in [0.2, 0.25) is 0 Å². The molecule has 1 aromatic carbocycles. The van der Waals surface area contributed by atoms with Gasteiger partial charge in [0.15, 0.2) is 5.82 Å². The zero-order valence-corrected chi connectivity index (χ0v) is 13.9. The van der Waals surface area contributed by atoms with Crippen molar-refractivity contribution in [3.8, 4) is 0 Å². The van der Waals surface area contributed by atoms with E-state index in [-0.39, 0.29) is 16.8 Å². The Morgan fingerprint density at radius 1 is 1.47 bits per heavy atom. The fraction of sp³-hybridized carbons (Fsp3) is 0.500. The van der Waals surface area contributed by atoms with Crippen molar-refractivity contribution < 1.29 is 4.39 Å². The Hall–Kier alpha value is -0.680. The first-order valence-corrected chi connectivity index (χ1v) is 7.61. The zero-order valence-electron chi connectivity index (χ0n) is 11.5. The van der Waals surface area contributed by atoms with Crippen molar-refractivity contribution in [1.29, 1.82) is 0 Å². The van der Waals surface area contributed by atoms with E-state index in [0.29, 0.717) is 21.6 Å². The van der Waals surface area contributed by atoms with Gasteiger partial charge in [0.1, 0.15) is 4.99 Å². The van der Waals surface area contributed by atoms with Gasteiger partial charge in [0.2, 0.25) is 0 Å². The number of hydrogen-bond acceptors (Lipinski definition) is 2. The monoisotopic (exact) mass is 346 g/mol. The second kappa shape index (κ2) is 7.20. The lowest BCUT2D eigenvalue weighted by atomic mass is 10.00. The van der Waals surface area contributed by atoms with Gasteiger partial charge in [0.05, 0.1) is 10.2 Å². The summed E-state index contributed by atoms with van der Waals surface area (Å²) in [4.78, 5) is 0.185. The van der Waals surface area contributed by atoms with Crippen LogP contribution < -0.4 is 11.1 Å². The van der Waals surface area contributed by atoms with Crippen LogP contribution in [0.5, 0.6) is 0 Å². The quantitative estimate of drug-likeness (QED) is 0.746. The Morgan fingerprint density at radius 3 is 2.63 bits per heavy atom. The molecule has 2 atom stereocenters. The molecule has 0 aliphatic rings. The molecule has 5 heteroatoms. The van der Waals surface area contributed by atoms with Crippen molar-refractivity contribution in [2.24, 2.45) is 11.7 Å². The average molecular weight is 347 g/mol. The molecule has 0 fully saturated rings. The molecule has 0 amide bonds. The Bertz CT molecular complexity index is 465. The van der Waals surface area contributed by atoms with Gasteiger partial charge in [-0.15, -0.1) is 0 Å². The first-order chi connectivity index (χ1) is 8.86. The summed E-state index contributed by atoms with van der Waals surface area (Å²) in [6, 6.07) is 3.63. The summed E-state index contributed by atoms with van der Waals surface area (Å²) in [7, 11) is 0. The smallest absolute Gasteiger partial charge is 0.161 e. The highest BCUT2D eigenvalue weighted by molar-refractivity contribution is 9.10. The first-order valence-electron chi connectivity index (χ1n) is 6.41. The Kier molecular flexibility index (Phi) is 6.20. The number of benzene rings is 1. The maximum atomic E-state index is 14.2. The van der Waals surface area contributed by atoms with Crippen LogP contribution >= 0.6 is 28.1 Å². The number of halogens is 2. The summed E-state index contributed by atoms with van der Waals surface area (Å²) in [5, 5.41) is 3.19. The number of nitrogens with two attached hydrogens (primary N) is 1. The predicted octanol–water partition coefficient (Wildman–Crippen LogP) is 4.46. The fourth-order valence-corrected chi connectivity index (χ4v) is 2.81. The SMILES string of the molecule is CCC(C)CC(C)Nc1ccc(C(N)=S)c(Br)c1F. The van der Waals surface area contributed by atoms with E-state index < -0.39 is 0 Å². The lowest BCUT2D eigenvalue weighted by Crippen LogP contribution is -2.19. The van der Waals surface area contributed by atoms with Crippen molar-refractivity contribution in [3.63, 3.8) is 0 Å². The molecule has 0 radical (unpaired) electrons. The molecule has 0 bridgehead atoms. The standard InChI is InChI=1S/C14H20BrFN2S/c1-4-8(2)7-9(3)18-11-6-5-10(14(17)19)12(15)13(11)16/h5-6,8-9,18H,4,7H2,1-3H3,(H2,17,19). The molecule has 19 heavy (non-hydrogen) atoms. The third-order valence-electron chi connectivity index (χ3n) is 3.20. The topological polar surface area (TPSA) is 38.0 Å². The van der Waals surface area contributed by atoms with Crippen LogP contribution in [0, 0.1) is 11.7 Å². The number of rotatable bonds is 6. The number of anilines is 1. The van der Waals surface area contributed by atoms with Crippen LogP contribution in [-0.4, -0.2) is 11.0 Å². The van der Waals surface area contributed by atoms with Crippen molar-refractivity contribution in [2.45, 2.75) is 39.7 Å². The summed E-state index contributed by atoms with van der Waals surface area (Å²) in [6.07, 6.45) is 2.13. The maximum Gasteiger partial charge on any atom is 0.161 e. The third-order valence-corrected chi connectivity index (χ3v) is 4.20. The van der Waals surface area contributed by atoms with Crippen molar-refractivity contribution >= 4 is 38.8 Å². The molecule has 0 aliphatic carbocycles. The summed E-state index contributed by atoms with van der Waals surface area (Å²) in [6.45, 7) is 6.41. The Morgan fingerprint density at radius 2 is 2.11 bits per heavy atom. The van der Waals surface area contributed by atoms with E-state index in [1.54, 1.807) is 12.1 Å². The minimum Gasteiger partial charge on any atom is -0.389 e. The summed E-state index contributed by atoms with van der Waals surface area (Å²) < 4.78 is 14.5. The van der Waals surface area contributed by atoms with Gasteiger partial charge in [0, 0.05) is 11.6 Å². The largest absolute Gasteiger partial charge is 0.389 e. The van der Waals surface area contributed by atoms with Crippen molar-refractivity contribution in [2.75, 3.05) is 5.32 Å². The van der Waals surface area contributed by atoms with Crippen LogP contribution in [0.25, 0.3) is 0 Å². The lowest BCUT2D eigenvalue weighted by molar-refractivity contribution is 0.482. The lowest BCUT2D eigenvalue weighted by Gasteiger charge is -2.20. The summed E-state index contributed by atoms with van der Waals surface area (Å²) in [5.41, 5.74) is 6.53. The van der Waals surface area contributed by atoms with Gasteiger partial charge in [0.25, 0.3) is 0 Å². The number of nitrogens with one attached hydrogen (secondary N) is 1. The molecule has 0 saturated heterocycles. The van der Waals surface area contributed by atoms with Gasteiger partial charge >= 0.3 is 0 Å². The van der Waals surface area contributed by atoms with Crippen molar-refractivity contribution in [1.82, 2.24) is 0 Å². The van der Waals surface area contributed by atoms with Crippen LogP contribution in [0.1, 0.15) is 39.2 Å². The van der Waals surface area contributed by atoms with E-state index >= 15 is 0 Å². The predicted molar refractivity (Wildman–Crippen MR) is 87.1 cm³/mol. The fourth-order valence-electron chi connectivity index (χ4n) is 1.95. The summed E-state index contributed by atoms with van der Waals surface area (Å²) >= 11 is 8.08. The molecular formula is C14H20BrFN2S. The molecule has 3 N–H and O–H groups in total. The van der Waals surface area contributed by atoms with E-state index in [2.05, 4.69) is 42.0 Å². The van der Waals surface area contributed by atoms with E-state index in [1.807, 2.05) is 0 Å². The van der Waals surface area contributed by atoms with Crippen LogP contribution in [-0.2, 0) is 0 Å². The van der Waals surface area contributed by atoms with Gasteiger partial charge < -0.3 is 11.1 Å². The second-order valence-electron chi connectivity index (χ2n) is 4.95. The molecule has 0 aromatic heterocycles. The summed E-state index contributed by atoms with van der Waals surface area (Å²) in [5.74, 6) is 0.270. The number of thiocarbonyl (C=S) groups is 1. The number of hydrogen-bond donors (Lipinski definition) is 2. The molecule has 1 rings (SSSR count). The van der Waals surface area contributed by atoms with E-state index in [1.165, 1.54) is 0 Å². The molecule has 0 aliphatic heterocycles. The highest BCUT2D eigenvalue weighted by Gasteiger charge is 2.15. The van der Waals surface area contributed by atoms with Gasteiger partial charge in [-0.3, -0.25) is 0 Å². The molecule has 2 unspecified atom stereocenters. The third kappa shape index (κ3) is 4.42. The van der Waals surface area contributed by atoms with E-state index in [9.17, 15) is 4.39 Å². The zero-order chi connectivity index (χ0) is 14.6. The molecule has 1 aromatic rings. The van der Waals surface area contributed by atoms with Crippen LogP contribution in [0.15, 0.2) is 16.6 Å². The minimum atomic E-state index is -0.346. The highest BCUT2D eigenvalue weighted by Crippen LogP contribution is 2.28. The Balaban J connectivity index is 2.86. The molecular weight excluding hydrogens is 327 g/mol. The van der Waals surface area contributed by atoms with E-state index in [0.717, 1.165) is 12.8 Å².